The van der Waals surface area contributed by atoms with Gasteiger partial charge in [-0.1, -0.05) is 84.2 Å². The Kier molecular flexibility index (Phi) is 14.7. The summed E-state index contributed by atoms with van der Waals surface area (Å²) in [6, 6.07) is 44.5. The molecule has 4 aromatic carbocycles. The Bertz CT molecular complexity index is 1090. The van der Waals surface area contributed by atoms with E-state index in [2.05, 4.69) is 161 Å². The largest absolute Gasteiger partial charge is 0.449 e. The maximum Gasteiger partial charge on any atom is 0.198 e. The molecule has 0 atom stereocenters. The van der Waals surface area contributed by atoms with Crippen molar-refractivity contribution < 1.29 is 21.2 Å². The van der Waals surface area contributed by atoms with Crippen LogP contribution in [0.2, 0.25) is 26.2 Å². The fraction of sp³-hybridized carbons (Fsp3) is 0.176. The first-order valence-electron chi connectivity index (χ1n) is 13.7. The van der Waals surface area contributed by atoms with Crippen LogP contribution in [0.1, 0.15) is 0 Å². The summed E-state index contributed by atoms with van der Waals surface area (Å²) < 4.78 is 5.97. The molecule has 0 spiro atoms. The van der Waals surface area contributed by atoms with Crippen molar-refractivity contribution in [2.24, 2.45) is 0 Å². The van der Waals surface area contributed by atoms with E-state index in [0.29, 0.717) is 0 Å². The Morgan fingerprint density at radius 3 is 0.925 bits per heavy atom. The predicted octanol–water partition coefficient (Wildman–Crippen LogP) is 7.58. The summed E-state index contributed by atoms with van der Waals surface area (Å²) in [5.74, 6) is 0. The van der Waals surface area contributed by atoms with Crippen molar-refractivity contribution in [3.05, 3.63) is 146 Å². The summed E-state index contributed by atoms with van der Waals surface area (Å²) in [5, 5.41) is 6.06. The van der Waals surface area contributed by atoms with Gasteiger partial charge in [-0.05, 0) is 74.7 Å². The zero-order valence-electron chi connectivity index (χ0n) is 24.3. The van der Waals surface area contributed by atoms with Crippen LogP contribution in [0.3, 0.4) is 0 Å². The quantitative estimate of drug-likeness (QED) is 0.121. The maximum atomic E-state index is 5.97. The van der Waals surface area contributed by atoms with E-state index < -0.39 is 32.5 Å². The van der Waals surface area contributed by atoms with Crippen molar-refractivity contribution in [1.29, 1.82) is 0 Å². The number of rotatable bonds is 11. The molecule has 4 aromatic rings. The van der Waals surface area contributed by atoms with E-state index in [1.54, 1.807) is 0 Å². The van der Waals surface area contributed by atoms with Gasteiger partial charge in [0.25, 0.3) is 0 Å². The molecule has 0 saturated carbocycles. The Balaban J connectivity index is 0.000000400. The fourth-order valence-electron chi connectivity index (χ4n) is 4.48. The van der Waals surface area contributed by atoms with Crippen molar-refractivity contribution in [3.63, 3.8) is 0 Å². The van der Waals surface area contributed by atoms with Gasteiger partial charge in [0.15, 0.2) is 16.6 Å². The molecule has 210 valence electrons. The van der Waals surface area contributed by atoms with Crippen LogP contribution in [-0.4, -0.2) is 29.0 Å². The number of hydrogen-bond donors (Lipinski definition) is 0. The normalized spacial score (nSPS) is 11.2. The molecule has 40 heavy (non-hydrogen) atoms. The second-order valence-corrected chi connectivity index (χ2v) is 23.9. The summed E-state index contributed by atoms with van der Waals surface area (Å²) in [5.41, 5.74) is 3.93. The molecule has 0 amide bonds. The van der Waals surface area contributed by atoms with E-state index in [-0.39, 0.29) is 17.1 Å². The van der Waals surface area contributed by atoms with Gasteiger partial charge in [0.05, 0.1) is 37.1 Å². The monoisotopic (exact) mass is 642 g/mol. The van der Waals surface area contributed by atoms with E-state index in [1.165, 1.54) is 33.5 Å². The average molecular weight is 643 g/mol. The molecular weight excluding hydrogens is 598 g/mol. The minimum atomic E-state index is -1.58. The van der Waals surface area contributed by atoms with Gasteiger partial charge in [-0.3, -0.25) is 0 Å². The second-order valence-electron chi connectivity index (χ2n) is 10.6. The van der Waals surface area contributed by atoms with E-state index in [0.717, 1.165) is 0 Å². The molecule has 0 saturated heterocycles. The Morgan fingerprint density at radius 1 is 0.500 bits per heavy atom. The molecule has 0 aliphatic heterocycles. The summed E-state index contributed by atoms with van der Waals surface area (Å²) >= 11 is 0. The molecular formula is C34H44FeOP2Si2+2. The molecule has 0 aromatic heterocycles. The van der Waals surface area contributed by atoms with E-state index >= 15 is 0 Å². The van der Waals surface area contributed by atoms with Crippen LogP contribution in [-0.2, 0) is 21.2 Å². The Labute approximate surface area is 258 Å². The van der Waals surface area contributed by atoms with Crippen LogP contribution in [0, 0.1) is 0 Å². The topological polar surface area (TPSA) is 9.23 Å². The van der Waals surface area contributed by atoms with Gasteiger partial charge in [-0.2, -0.15) is 0 Å². The average Bonchev–Trinajstić information content (AvgIpc) is 2.97. The van der Waals surface area contributed by atoms with Crippen molar-refractivity contribution in [2.75, 3.05) is 12.3 Å². The van der Waals surface area contributed by atoms with E-state index in [4.69, 9.17) is 4.12 Å². The minimum absolute atomic E-state index is 0. The van der Waals surface area contributed by atoms with Gasteiger partial charge in [0.1, 0.15) is 12.3 Å². The van der Waals surface area contributed by atoms with Crippen molar-refractivity contribution in [1.82, 2.24) is 0 Å². The molecule has 0 unspecified atom stereocenters. The van der Waals surface area contributed by atoms with Crippen LogP contribution in [0.4, 0.5) is 0 Å². The molecule has 0 aliphatic rings. The fourth-order valence-corrected chi connectivity index (χ4v) is 16.8. The van der Waals surface area contributed by atoms with Crippen LogP contribution >= 0.6 is 15.8 Å². The summed E-state index contributed by atoms with van der Waals surface area (Å²) in [6.45, 7) is 16.2. The van der Waals surface area contributed by atoms with Gasteiger partial charge in [0, 0.05) is 17.1 Å². The van der Waals surface area contributed by atoms with Crippen molar-refractivity contribution in [2.45, 2.75) is 26.2 Å². The number of benzene rings is 4. The van der Waals surface area contributed by atoms with E-state index in [1.807, 2.05) is 11.4 Å². The standard InChI is InChI=1S/C26H24P2.C8H18OSi2.Fe/c1-5-13-23(14-6-1)27(24-15-7-2-8-16-24)21-22-28(25-17-9-3-10-18-25)26-19-11-4-12-20-26;1-7-10(3,4)9-11(5,6)8-2;/h1-20H,21-22H2;7-8H,1-2H2,3-6H3;/p+2. The van der Waals surface area contributed by atoms with Crippen molar-refractivity contribution in [3.8, 4) is 0 Å². The first-order chi connectivity index (χ1) is 18.7. The van der Waals surface area contributed by atoms with Crippen LogP contribution < -0.4 is 21.2 Å². The molecule has 0 fully saturated rings. The number of hydrogen-bond acceptors (Lipinski definition) is 1. The minimum Gasteiger partial charge on any atom is -0.449 e. The predicted molar refractivity (Wildman–Crippen MR) is 187 cm³/mol. The molecule has 6 heteroatoms. The summed E-state index contributed by atoms with van der Waals surface area (Å²) in [6.07, 6.45) is 2.52. The third-order valence-corrected chi connectivity index (χ3v) is 18.9. The SMILES string of the molecule is C=C[Si](C)(C)O[Si](C)(C)C=C.[Fe].c1ccc([PH+](CC[PH+](c2ccccc2)c2ccccc2)c2ccccc2)cc1. The molecule has 0 N–H and O–H groups in total. The first-order valence-corrected chi connectivity index (χ1v) is 23.0. The first kappa shape index (κ1) is 34.3. The molecule has 4 rings (SSSR count). The summed E-state index contributed by atoms with van der Waals surface area (Å²) in [7, 11) is -4.73. The third kappa shape index (κ3) is 11.2. The van der Waals surface area contributed by atoms with Gasteiger partial charge in [-0.25, -0.2) is 0 Å². The van der Waals surface area contributed by atoms with Gasteiger partial charge in [0.2, 0.25) is 0 Å². The van der Waals surface area contributed by atoms with Crippen LogP contribution in [0.5, 0.6) is 0 Å². The molecule has 0 bridgehead atoms. The summed E-state index contributed by atoms with van der Waals surface area (Å²) in [4.78, 5) is 0. The third-order valence-electron chi connectivity index (χ3n) is 6.62. The van der Waals surface area contributed by atoms with E-state index in [9.17, 15) is 0 Å². The van der Waals surface area contributed by atoms with Crippen LogP contribution in [0.15, 0.2) is 146 Å². The van der Waals surface area contributed by atoms with Gasteiger partial charge >= 0.3 is 0 Å². The van der Waals surface area contributed by atoms with Crippen molar-refractivity contribution >= 4 is 53.7 Å². The smallest absolute Gasteiger partial charge is 0.198 e. The van der Waals surface area contributed by atoms with Crippen LogP contribution in [0.25, 0.3) is 0 Å². The maximum absolute atomic E-state index is 5.97. The molecule has 0 radical (unpaired) electrons. The molecule has 0 heterocycles. The zero-order chi connectivity index (χ0) is 28.1. The van der Waals surface area contributed by atoms with Gasteiger partial charge < -0.3 is 4.12 Å². The second kappa shape index (κ2) is 17.2. The van der Waals surface area contributed by atoms with Gasteiger partial charge in [-0.15, -0.1) is 13.2 Å². The Morgan fingerprint density at radius 2 is 0.725 bits per heavy atom. The molecule has 1 nitrogen and oxygen atoms in total. The Hall–Kier alpha value is -1.87. The zero-order valence-corrected chi connectivity index (χ0v) is 29.4. The molecule has 0 aliphatic carbocycles.